The molecule has 1 unspecified atom stereocenters. The van der Waals surface area contributed by atoms with Crippen LogP contribution in [0.4, 0.5) is 11.4 Å². The molecule has 4 nitrogen and oxygen atoms in total. The number of nitrogens with zero attached hydrogens (tertiary/aromatic N) is 1. The molecular weight excluding hydrogens is 238 g/mol. The fourth-order valence-electron chi connectivity index (χ4n) is 1.94. The summed E-state index contributed by atoms with van der Waals surface area (Å²) >= 11 is 0. The summed E-state index contributed by atoms with van der Waals surface area (Å²) in [6.45, 7) is 3.56. The molecule has 1 aromatic carbocycles. The van der Waals surface area contributed by atoms with E-state index in [0.717, 1.165) is 11.3 Å². The quantitative estimate of drug-likeness (QED) is 0.651. The second-order valence-corrected chi connectivity index (χ2v) is 4.51. The van der Waals surface area contributed by atoms with E-state index in [9.17, 15) is 4.79 Å². The van der Waals surface area contributed by atoms with Crippen LogP contribution in [0.1, 0.15) is 35.8 Å². The Bertz CT molecular complexity index is 581. The topological polar surface area (TPSA) is 68.0 Å². The predicted molar refractivity (Wildman–Crippen MR) is 77.1 cm³/mol. The fourth-order valence-corrected chi connectivity index (χ4v) is 1.94. The summed E-state index contributed by atoms with van der Waals surface area (Å²) in [5.74, 6) is -0.0237. The molecule has 0 saturated heterocycles. The highest BCUT2D eigenvalue weighted by Gasteiger charge is 2.08. The fraction of sp³-hybridized carbons (Fsp3) is 0.200. The van der Waals surface area contributed by atoms with Crippen molar-refractivity contribution in [2.45, 2.75) is 19.9 Å². The van der Waals surface area contributed by atoms with Crippen LogP contribution in [-0.4, -0.2) is 10.8 Å². The van der Waals surface area contributed by atoms with E-state index in [1.165, 1.54) is 6.92 Å². The lowest BCUT2D eigenvalue weighted by atomic mass is 10.1. The van der Waals surface area contributed by atoms with E-state index < -0.39 is 0 Å². The first-order chi connectivity index (χ1) is 9.08. The van der Waals surface area contributed by atoms with E-state index in [1.54, 1.807) is 18.3 Å². The first-order valence-electron chi connectivity index (χ1n) is 6.15. The van der Waals surface area contributed by atoms with E-state index in [0.29, 0.717) is 11.3 Å². The average Bonchev–Trinajstić information content (AvgIpc) is 2.39. The van der Waals surface area contributed by atoms with Crippen molar-refractivity contribution in [1.82, 2.24) is 4.98 Å². The molecule has 1 aromatic heterocycles. The maximum Gasteiger partial charge on any atom is 0.161 e. The van der Waals surface area contributed by atoms with Gasteiger partial charge in [-0.15, -0.1) is 0 Å². The molecule has 1 atom stereocenters. The zero-order valence-electron chi connectivity index (χ0n) is 11.1. The van der Waals surface area contributed by atoms with Crippen LogP contribution in [0.25, 0.3) is 0 Å². The van der Waals surface area contributed by atoms with E-state index in [4.69, 9.17) is 5.73 Å². The zero-order chi connectivity index (χ0) is 13.8. The van der Waals surface area contributed by atoms with Crippen LogP contribution in [0.2, 0.25) is 0 Å². The molecule has 98 valence electrons. The van der Waals surface area contributed by atoms with Crippen LogP contribution in [-0.2, 0) is 0 Å². The summed E-state index contributed by atoms with van der Waals surface area (Å²) in [7, 11) is 0. The van der Waals surface area contributed by atoms with Crippen molar-refractivity contribution in [1.29, 1.82) is 0 Å². The molecule has 0 aliphatic rings. The minimum absolute atomic E-state index is 0.0237. The first kappa shape index (κ1) is 13.1. The van der Waals surface area contributed by atoms with Crippen molar-refractivity contribution in [2.75, 3.05) is 11.1 Å². The molecule has 0 amide bonds. The van der Waals surface area contributed by atoms with Crippen LogP contribution in [0, 0.1) is 0 Å². The molecular formula is C15H17N3O. The molecule has 0 fully saturated rings. The third-order valence-corrected chi connectivity index (χ3v) is 3.00. The van der Waals surface area contributed by atoms with Crippen molar-refractivity contribution < 1.29 is 4.79 Å². The highest BCUT2D eigenvalue weighted by Crippen LogP contribution is 2.22. The minimum Gasteiger partial charge on any atom is -0.398 e. The Balaban J connectivity index is 2.16. The van der Waals surface area contributed by atoms with Gasteiger partial charge in [-0.1, -0.05) is 6.07 Å². The summed E-state index contributed by atoms with van der Waals surface area (Å²) in [5.41, 5.74) is 8.90. The maximum absolute atomic E-state index is 11.3. The SMILES string of the molecule is CC(=O)c1ccc(NC(C)c2cccnc2)cc1N. The van der Waals surface area contributed by atoms with E-state index in [-0.39, 0.29) is 11.8 Å². The Kier molecular flexibility index (Phi) is 3.80. The highest BCUT2D eigenvalue weighted by atomic mass is 16.1. The molecule has 2 rings (SSSR count). The number of benzene rings is 1. The molecule has 0 saturated carbocycles. The van der Waals surface area contributed by atoms with Gasteiger partial charge >= 0.3 is 0 Å². The lowest BCUT2D eigenvalue weighted by Gasteiger charge is -2.16. The number of rotatable bonds is 4. The van der Waals surface area contributed by atoms with Crippen LogP contribution < -0.4 is 11.1 Å². The third kappa shape index (κ3) is 3.10. The lowest BCUT2D eigenvalue weighted by molar-refractivity contribution is 0.101. The Hall–Kier alpha value is -2.36. The number of hydrogen-bond donors (Lipinski definition) is 2. The molecule has 0 radical (unpaired) electrons. The number of pyridine rings is 1. The van der Waals surface area contributed by atoms with Gasteiger partial charge in [-0.25, -0.2) is 0 Å². The normalized spacial score (nSPS) is 11.9. The molecule has 4 heteroatoms. The molecule has 2 aromatic rings. The standard InChI is InChI=1S/C15H17N3O/c1-10(12-4-3-7-17-9-12)18-13-5-6-14(11(2)19)15(16)8-13/h3-10,18H,16H2,1-2H3. The van der Waals surface area contributed by atoms with Crippen molar-refractivity contribution >= 4 is 17.2 Å². The van der Waals surface area contributed by atoms with Gasteiger partial charge in [0.15, 0.2) is 5.78 Å². The number of carbonyl (C=O) groups excluding carboxylic acids is 1. The zero-order valence-corrected chi connectivity index (χ0v) is 11.1. The molecule has 0 aliphatic heterocycles. The number of carbonyl (C=O) groups is 1. The number of aromatic nitrogens is 1. The van der Waals surface area contributed by atoms with Crippen molar-refractivity contribution in [2.24, 2.45) is 0 Å². The smallest absolute Gasteiger partial charge is 0.161 e. The second-order valence-electron chi connectivity index (χ2n) is 4.51. The lowest BCUT2D eigenvalue weighted by Crippen LogP contribution is -2.08. The Morgan fingerprint density at radius 2 is 2.16 bits per heavy atom. The summed E-state index contributed by atoms with van der Waals surface area (Å²) in [5, 5.41) is 3.33. The second kappa shape index (κ2) is 5.52. The molecule has 0 bridgehead atoms. The van der Waals surface area contributed by atoms with Crippen molar-refractivity contribution in [3.05, 3.63) is 53.9 Å². The van der Waals surface area contributed by atoms with Crippen LogP contribution >= 0.6 is 0 Å². The molecule has 1 heterocycles. The molecule has 0 aliphatic carbocycles. The summed E-state index contributed by atoms with van der Waals surface area (Å²) in [6.07, 6.45) is 3.57. The molecule has 3 N–H and O–H groups in total. The highest BCUT2D eigenvalue weighted by molar-refractivity contribution is 5.99. The van der Waals surface area contributed by atoms with Crippen LogP contribution in [0.3, 0.4) is 0 Å². The summed E-state index contributed by atoms with van der Waals surface area (Å²) < 4.78 is 0. The van der Waals surface area contributed by atoms with Gasteiger partial charge in [0.25, 0.3) is 0 Å². The monoisotopic (exact) mass is 255 g/mol. The Labute approximate surface area is 112 Å². The van der Waals surface area contributed by atoms with Gasteiger partial charge in [0.05, 0.1) is 6.04 Å². The van der Waals surface area contributed by atoms with E-state index in [1.807, 2.05) is 31.3 Å². The van der Waals surface area contributed by atoms with Gasteiger partial charge in [-0.3, -0.25) is 9.78 Å². The predicted octanol–water partition coefficient (Wildman–Crippen LogP) is 3.04. The number of Topliss-reactive ketones (excluding diaryl/α,β-unsaturated/α-hetero) is 1. The van der Waals surface area contributed by atoms with Gasteiger partial charge < -0.3 is 11.1 Å². The number of nitrogens with two attached hydrogens (primary N) is 1. The van der Waals surface area contributed by atoms with Gasteiger partial charge in [-0.2, -0.15) is 0 Å². The number of anilines is 2. The van der Waals surface area contributed by atoms with Gasteiger partial charge in [0.2, 0.25) is 0 Å². The van der Waals surface area contributed by atoms with Crippen molar-refractivity contribution in [3.63, 3.8) is 0 Å². The molecule has 19 heavy (non-hydrogen) atoms. The Morgan fingerprint density at radius 1 is 1.37 bits per heavy atom. The van der Waals surface area contributed by atoms with Crippen LogP contribution in [0.5, 0.6) is 0 Å². The third-order valence-electron chi connectivity index (χ3n) is 3.00. The Morgan fingerprint density at radius 3 is 2.74 bits per heavy atom. The minimum atomic E-state index is -0.0237. The summed E-state index contributed by atoms with van der Waals surface area (Å²) in [4.78, 5) is 15.4. The van der Waals surface area contributed by atoms with Gasteiger partial charge in [0.1, 0.15) is 0 Å². The first-order valence-corrected chi connectivity index (χ1v) is 6.15. The number of nitrogens with one attached hydrogen (secondary N) is 1. The number of ketones is 1. The largest absolute Gasteiger partial charge is 0.398 e. The van der Waals surface area contributed by atoms with Crippen LogP contribution in [0.15, 0.2) is 42.7 Å². The van der Waals surface area contributed by atoms with E-state index in [2.05, 4.69) is 10.3 Å². The average molecular weight is 255 g/mol. The number of hydrogen-bond acceptors (Lipinski definition) is 4. The van der Waals surface area contributed by atoms with Gasteiger partial charge in [0, 0.05) is 29.3 Å². The molecule has 0 spiro atoms. The summed E-state index contributed by atoms with van der Waals surface area (Å²) in [6, 6.07) is 9.43. The van der Waals surface area contributed by atoms with E-state index >= 15 is 0 Å². The number of nitrogen functional groups attached to an aromatic ring is 1. The van der Waals surface area contributed by atoms with Crippen molar-refractivity contribution in [3.8, 4) is 0 Å². The van der Waals surface area contributed by atoms with Gasteiger partial charge in [-0.05, 0) is 43.7 Å². The maximum atomic E-state index is 11.3.